The van der Waals surface area contributed by atoms with Crippen molar-refractivity contribution >= 4 is 6.08 Å². The van der Waals surface area contributed by atoms with Crippen LogP contribution in [0.4, 0.5) is 0 Å². The van der Waals surface area contributed by atoms with Crippen molar-refractivity contribution in [1.29, 1.82) is 0 Å². The van der Waals surface area contributed by atoms with Gasteiger partial charge in [-0.2, -0.15) is 0 Å². The largest absolute Gasteiger partial charge is 0.334 e. The molecule has 0 amide bonds. The molecule has 0 saturated carbocycles. The molecule has 3 nitrogen and oxygen atoms in total. The first kappa shape index (κ1) is 11.0. The molecule has 1 N–H and O–H groups in total. The Morgan fingerprint density at radius 3 is 2.93 bits per heavy atom. The standard InChI is InChI=1S/C11H19N3/c1-10(2)7-12-6-4-5-11-8-13-9-14(11)3/h4-5,8-10,12H,6-7H2,1-3H3. The molecule has 0 aromatic carbocycles. The van der Waals surface area contributed by atoms with Crippen LogP contribution in [-0.2, 0) is 7.05 Å². The van der Waals surface area contributed by atoms with Gasteiger partial charge in [0.25, 0.3) is 0 Å². The third kappa shape index (κ3) is 3.75. The number of nitrogens with zero attached hydrogens (tertiary/aromatic N) is 2. The van der Waals surface area contributed by atoms with Crippen molar-refractivity contribution in [3.05, 3.63) is 24.3 Å². The summed E-state index contributed by atoms with van der Waals surface area (Å²) < 4.78 is 2.00. The van der Waals surface area contributed by atoms with Crippen LogP contribution in [0.25, 0.3) is 6.08 Å². The van der Waals surface area contributed by atoms with Gasteiger partial charge in [0.15, 0.2) is 0 Å². The molecule has 0 aliphatic carbocycles. The topological polar surface area (TPSA) is 29.9 Å². The van der Waals surface area contributed by atoms with Crippen LogP contribution < -0.4 is 5.32 Å². The van der Waals surface area contributed by atoms with Crippen molar-refractivity contribution in [1.82, 2.24) is 14.9 Å². The van der Waals surface area contributed by atoms with Gasteiger partial charge < -0.3 is 9.88 Å². The van der Waals surface area contributed by atoms with Gasteiger partial charge in [-0.05, 0) is 18.5 Å². The fourth-order valence-electron chi connectivity index (χ4n) is 1.16. The number of aromatic nitrogens is 2. The summed E-state index contributed by atoms with van der Waals surface area (Å²) in [6.45, 7) is 6.40. The monoisotopic (exact) mass is 193 g/mol. The number of nitrogens with one attached hydrogen (secondary N) is 1. The molecule has 0 spiro atoms. The van der Waals surface area contributed by atoms with E-state index in [1.165, 1.54) is 0 Å². The first-order chi connectivity index (χ1) is 6.70. The summed E-state index contributed by atoms with van der Waals surface area (Å²) in [7, 11) is 1.99. The van der Waals surface area contributed by atoms with Crippen molar-refractivity contribution < 1.29 is 0 Å². The van der Waals surface area contributed by atoms with Crippen LogP contribution in [-0.4, -0.2) is 22.6 Å². The van der Waals surface area contributed by atoms with Crippen molar-refractivity contribution in [2.24, 2.45) is 13.0 Å². The fraction of sp³-hybridized carbons (Fsp3) is 0.545. The van der Waals surface area contributed by atoms with Crippen molar-refractivity contribution in [3.63, 3.8) is 0 Å². The lowest BCUT2D eigenvalue weighted by atomic mass is 10.2. The van der Waals surface area contributed by atoms with Crippen LogP contribution in [0, 0.1) is 5.92 Å². The van der Waals surface area contributed by atoms with E-state index in [9.17, 15) is 0 Å². The second kappa shape index (κ2) is 5.60. The summed E-state index contributed by atoms with van der Waals surface area (Å²) in [6.07, 6.45) is 7.87. The predicted molar refractivity (Wildman–Crippen MR) is 59.9 cm³/mol. The van der Waals surface area contributed by atoms with E-state index in [-0.39, 0.29) is 0 Å². The van der Waals surface area contributed by atoms with Crippen molar-refractivity contribution in [3.8, 4) is 0 Å². The average Bonchev–Trinajstić information content (AvgIpc) is 2.51. The maximum Gasteiger partial charge on any atom is 0.0948 e. The second-order valence-corrected chi connectivity index (χ2v) is 3.88. The van der Waals surface area contributed by atoms with Crippen LogP contribution in [0.15, 0.2) is 18.6 Å². The van der Waals surface area contributed by atoms with Crippen molar-refractivity contribution in [2.75, 3.05) is 13.1 Å². The molecule has 1 aromatic rings. The van der Waals surface area contributed by atoms with Gasteiger partial charge in [0.05, 0.1) is 18.2 Å². The maximum atomic E-state index is 4.04. The molecule has 1 aromatic heterocycles. The Hall–Kier alpha value is -1.09. The van der Waals surface area contributed by atoms with E-state index in [2.05, 4.69) is 36.3 Å². The molecule has 0 radical (unpaired) electrons. The van der Waals surface area contributed by atoms with Gasteiger partial charge in [0.1, 0.15) is 0 Å². The van der Waals surface area contributed by atoms with E-state index in [4.69, 9.17) is 0 Å². The molecular weight excluding hydrogens is 174 g/mol. The number of aryl methyl sites for hydroxylation is 1. The Balaban J connectivity index is 2.25. The van der Waals surface area contributed by atoms with E-state index < -0.39 is 0 Å². The Morgan fingerprint density at radius 1 is 1.57 bits per heavy atom. The summed E-state index contributed by atoms with van der Waals surface area (Å²) in [4.78, 5) is 4.04. The number of hydrogen-bond acceptors (Lipinski definition) is 2. The van der Waals surface area contributed by atoms with E-state index >= 15 is 0 Å². The number of hydrogen-bond donors (Lipinski definition) is 1. The summed E-state index contributed by atoms with van der Waals surface area (Å²) in [5.41, 5.74) is 1.14. The summed E-state index contributed by atoms with van der Waals surface area (Å²) in [5, 5.41) is 3.35. The molecule has 0 unspecified atom stereocenters. The maximum absolute atomic E-state index is 4.04. The van der Waals surface area contributed by atoms with Crippen LogP contribution in [0.2, 0.25) is 0 Å². The van der Waals surface area contributed by atoms with E-state index in [0.29, 0.717) is 5.92 Å². The molecule has 0 atom stereocenters. The van der Waals surface area contributed by atoms with Gasteiger partial charge in [0.2, 0.25) is 0 Å². The predicted octanol–water partition coefficient (Wildman–Crippen LogP) is 1.68. The Kier molecular flexibility index (Phi) is 4.40. The Morgan fingerprint density at radius 2 is 2.36 bits per heavy atom. The molecule has 1 heterocycles. The molecule has 78 valence electrons. The highest BCUT2D eigenvalue weighted by atomic mass is 15.0. The van der Waals surface area contributed by atoms with E-state index in [1.54, 1.807) is 6.33 Å². The highest BCUT2D eigenvalue weighted by Gasteiger charge is 1.92. The highest BCUT2D eigenvalue weighted by Crippen LogP contribution is 1.98. The van der Waals surface area contributed by atoms with Crippen LogP contribution in [0.1, 0.15) is 19.5 Å². The van der Waals surface area contributed by atoms with Crippen LogP contribution in [0.5, 0.6) is 0 Å². The lowest BCUT2D eigenvalue weighted by Gasteiger charge is -2.03. The zero-order valence-electron chi connectivity index (χ0n) is 9.20. The molecular formula is C11H19N3. The molecule has 0 bridgehead atoms. The zero-order chi connectivity index (χ0) is 10.4. The summed E-state index contributed by atoms with van der Waals surface area (Å²) in [6, 6.07) is 0. The van der Waals surface area contributed by atoms with E-state index in [0.717, 1.165) is 18.8 Å². The fourth-order valence-corrected chi connectivity index (χ4v) is 1.16. The first-order valence-electron chi connectivity index (χ1n) is 5.03. The van der Waals surface area contributed by atoms with Gasteiger partial charge in [-0.1, -0.05) is 19.9 Å². The van der Waals surface area contributed by atoms with Crippen molar-refractivity contribution in [2.45, 2.75) is 13.8 Å². The molecule has 3 heteroatoms. The van der Waals surface area contributed by atoms with Gasteiger partial charge in [-0.3, -0.25) is 0 Å². The smallest absolute Gasteiger partial charge is 0.0948 e. The zero-order valence-corrected chi connectivity index (χ0v) is 9.20. The third-order valence-electron chi connectivity index (χ3n) is 1.96. The van der Waals surface area contributed by atoms with Gasteiger partial charge in [0, 0.05) is 13.6 Å². The average molecular weight is 193 g/mol. The molecule has 14 heavy (non-hydrogen) atoms. The molecule has 0 fully saturated rings. The number of rotatable bonds is 5. The Labute approximate surface area is 85.8 Å². The normalized spacial score (nSPS) is 11.7. The summed E-state index contributed by atoms with van der Waals surface area (Å²) in [5.74, 6) is 0.708. The molecule has 1 rings (SSSR count). The second-order valence-electron chi connectivity index (χ2n) is 3.88. The summed E-state index contributed by atoms with van der Waals surface area (Å²) >= 11 is 0. The SMILES string of the molecule is CC(C)CNCC=Cc1cncn1C. The first-order valence-corrected chi connectivity index (χ1v) is 5.03. The minimum atomic E-state index is 0.708. The Bertz CT molecular complexity index is 286. The lowest BCUT2D eigenvalue weighted by molar-refractivity contribution is 0.577. The molecule has 0 aliphatic heterocycles. The molecule has 0 aliphatic rings. The quantitative estimate of drug-likeness (QED) is 0.721. The third-order valence-corrected chi connectivity index (χ3v) is 1.96. The minimum Gasteiger partial charge on any atom is -0.334 e. The van der Waals surface area contributed by atoms with Gasteiger partial charge in [-0.15, -0.1) is 0 Å². The van der Waals surface area contributed by atoms with E-state index in [1.807, 2.05) is 17.8 Å². The minimum absolute atomic E-state index is 0.708. The van der Waals surface area contributed by atoms with Crippen LogP contribution in [0.3, 0.4) is 0 Å². The highest BCUT2D eigenvalue weighted by molar-refractivity contribution is 5.43. The van der Waals surface area contributed by atoms with Gasteiger partial charge >= 0.3 is 0 Å². The molecule has 0 saturated heterocycles. The van der Waals surface area contributed by atoms with Crippen LogP contribution >= 0.6 is 0 Å². The number of imidazole rings is 1. The van der Waals surface area contributed by atoms with Gasteiger partial charge in [-0.25, -0.2) is 4.98 Å². The lowest BCUT2D eigenvalue weighted by Crippen LogP contribution is -2.19.